The number of hydrogen-bond acceptors (Lipinski definition) is 1. The van der Waals surface area contributed by atoms with Crippen molar-refractivity contribution in [1.29, 1.82) is 5.26 Å². The summed E-state index contributed by atoms with van der Waals surface area (Å²) in [5, 5.41) is 17.7. The Balaban J connectivity index is 1.30. The largest absolute Gasteiger partial charge is 0.192 e. The fourth-order valence-corrected chi connectivity index (χ4v) is 8.35. The first-order chi connectivity index (χ1) is 24.8. The minimum absolute atomic E-state index is 0.672. The summed E-state index contributed by atoms with van der Waals surface area (Å²) >= 11 is 0. The highest BCUT2D eigenvalue weighted by atomic mass is 14.3. The van der Waals surface area contributed by atoms with Gasteiger partial charge in [0, 0.05) is 5.56 Å². The lowest BCUT2D eigenvalue weighted by molar-refractivity contribution is 1.48. The van der Waals surface area contributed by atoms with Gasteiger partial charge in [0.15, 0.2) is 0 Å². The monoisotopic (exact) mass is 631 g/mol. The lowest BCUT2D eigenvalue weighted by atomic mass is 9.82. The van der Waals surface area contributed by atoms with Crippen LogP contribution in [0.25, 0.3) is 99.1 Å². The zero-order chi connectivity index (χ0) is 33.2. The molecule has 0 fully saturated rings. The van der Waals surface area contributed by atoms with E-state index in [0.717, 1.165) is 22.1 Å². The van der Waals surface area contributed by atoms with Crippen molar-refractivity contribution in [3.8, 4) is 72.8 Å². The van der Waals surface area contributed by atoms with Crippen LogP contribution < -0.4 is 0 Å². The number of nitriles is 1. The average Bonchev–Trinajstić information content (AvgIpc) is 3.52. The van der Waals surface area contributed by atoms with Gasteiger partial charge in [0.25, 0.3) is 0 Å². The molecule has 0 N–H and O–H groups in total. The summed E-state index contributed by atoms with van der Waals surface area (Å²) in [6.45, 7) is 0. The molecule has 230 valence electrons. The molecule has 0 spiro atoms. The van der Waals surface area contributed by atoms with Gasteiger partial charge in [-0.15, -0.1) is 0 Å². The highest BCUT2D eigenvalue weighted by Crippen LogP contribution is 2.58. The Hall–Kier alpha value is -6.75. The van der Waals surface area contributed by atoms with Gasteiger partial charge in [0.1, 0.15) is 0 Å². The highest BCUT2D eigenvalue weighted by molar-refractivity contribution is 6.28. The van der Waals surface area contributed by atoms with Crippen molar-refractivity contribution in [3.05, 3.63) is 181 Å². The number of benzene rings is 9. The van der Waals surface area contributed by atoms with Gasteiger partial charge in [-0.05, 0) is 106 Å². The van der Waals surface area contributed by atoms with E-state index in [1.54, 1.807) is 0 Å². The van der Waals surface area contributed by atoms with Crippen molar-refractivity contribution < 1.29 is 0 Å². The van der Waals surface area contributed by atoms with Crippen molar-refractivity contribution >= 4 is 32.3 Å². The molecule has 0 radical (unpaired) electrons. The van der Waals surface area contributed by atoms with Crippen LogP contribution in [0.4, 0.5) is 0 Å². The summed E-state index contributed by atoms with van der Waals surface area (Å²) in [5.74, 6) is 0. The summed E-state index contributed by atoms with van der Waals surface area (Å²) in [6, 6.07) is 65.5. The van der Waals surface area contributed by atoms with E-state index in [4.69, 9.17) is 0 Å². The first kappa shape index (κ1) is 28.3. The van der Waals surface area contributed by atoms with Gasteiger partial charge in [-0.2, -0.15) is 5.26 Å². The van der Waals surface area contributed by atoms with Crippen LogP contribution in [0.2, 0.25) is 0 Å². The van der Waals surface area contributed by atoms with Gasteiger partial charge in [0.05, 0.1) is 11.6 Å². The third kappa shape index (κ3) is 4.13. The molecule has 0 bridgehead atoms. The van der Waals surface area contributed by atoms with Crippen LogP contribution in [-0.2, 0) is 0 Å². The van der Waals surface area contributed by atoms with E-state index in [1.165, 1.54) is 77.0 Å². The van der Waals surface area contributed by atoms with E-state index in [2.05, 4.69) is 176 Å². The lowest BCUT2D eigenvalue weighted by Crippen LogP contribution is -1.93. The third-order valence-electron chi connectivity index (χ3n) is 10.5. The molecule has 1 heteroatoms. The molecule has 1 aliphatic carbocycles. The molecule has 1 aliphatic rings. The highest BCUT2D eigenvalue weighted by Gasteiger charge is 2.31. The molecule has 0 aromatic heterocycles. The van der Waals surface area contributed by atoms with Crippen molar-refractivity contribution in [2.24, 2.45) is 0 Å². The minimum atomic E-state index is 0.672. The van der Waals surface area contributed by atoms with E-state index < -0.39 is 0 Å². The van der Waals surface area contributed by atoms with Crippen molar-refractivity contribution in [3.63, 3.8) is 0 Å². The minimum Gasteiger partial charge on any atom is -0.192 e. The van der Waals surface area contributed by atoms with Crippen molar-refractivity contribution in [1.82, 2.24) is 0 Å². The summed E-state index contributed by atoms with van der Waals surface area (Å²) in [5.41, 5.74) is 14.9. The Morgan fingerprint density at radius 1 is 0.320 bits per heavy atom. The molecule has 0 saturated heterocycles. The van der Waals surface area contributed by atoms with Gasteiger partial charge in [-0.1, -0.05) is 164 Å². The van der Waals surface area contributed by atoms with Crippen LogP contribution in [-0.4, -0.2) is 0 Å². The van der Waals surface area contributed by atoms with Crippen LogP contribution >= 0.6 is 0 Å². The van der Waals surface area contributed by atoms with E-state index in [0.29, 0.717) is 5.56 Å². The number of rotatable bonds is 4. The number of nitrogens with zero attached hydrogens (tertiary/aromatic N) is 1. The van der Waals surface area contributed by atoms with Crippen LogP contribution in [0.1, 0.15) is 5.56 Å². The summed E-state index contributed by atoms with van der Waals surface area (Å²) in [7, 11) is 0. The number of hydrogen-bond donors (Lipinski definition) is 0. The van der Waals surface area contributed by atoms with Crippen LogP contribution in [0.5, 0.6) is 0 Å². The maximum atomic E-state index is 10.4. The molecule has 50 heavy (non-hydrogen) atoms. The molecule has 0 saturated carbocycles. The molecule has 0 heterocycles. The molecular weight excluding hydrogens is 603 g/mol. The maximum absolute atomic E-state index is 10.4. The molecule has 9 aromatic carbocycles. The van der Waals surface area contributed by atoms with Crippen LogP contribution in [0.15, 0.2) is 176 Å². The molecular formula is C49H29N. The lowest BCUT2D eigenvalue weighted by Gasteiger charge is -2.20. The second-order valence-electron chi connectivity index (χ2n) is 13.1. The van der Waals surface area contributed by atoms with Crippen molar-refractivity contribution in [2.75, 3.05) is 0 Å². The SMILES string of the molecule is N#Cc1ccc(-c2cccc3ccccc23)cc1-c1ccc2c3c(cccc13)-c1c-2c(-c2ccccc2)c2ccccc2c1-c1ccccc1. The zero-order valence-electron chi connectivity index (χ0n) is 27.2. The molecule has 10 rings (SSSR count). The second kappa shape index (κ2) is 11.2. The fraction of sp³-hybridized carbons (Fsp3) is 0. The smallest absolute Gasteiger partial charge is 0.0998 e. The Bertz CT molecular complexity index is 2760. The average molecular weight is 632 g/mol. The first-order valence-corrected chi connectivity index (χ1v) is 17.1. The van der Waals surface area contributed by atoms with Crippen LogP contribution in [0.3, 0.4) is 0 Å². The maximum Gasteiger partial charge on any atom is 0.0998 e. The van der Waals surface area contributed by atoms with Gasteiger partial charge in [-0.3, -0.25) is 0 Å². The molecule has 0 aliphatic heterocycles. The fourth-order valence-electron chi connectivity index (χ4n) is 8.35. The Morgan fingerprint density at radius 3 is 1.52 bits per heavy atom. The van der Waals surface area contributed by atoms with Gasteiger partial charge >= 0.3 is 0 Å². The van der Waals surface area contributed by atoms with E-state index in [9.17, 15) is 5.26 Å². The molecule has 9 aromatic rings. The number of fused-ring (bicyclic) bond motifs is 5. The normalized spacial score (nSPS) is 11.6. The molecule has 1 nitrogen and oxygen atoms in total. The van der Waals surface area contributed by atoms with E-state index in [-0.39, 0.29) is 0 Å². The summed E-state index contributed by atoms with van der Waals surface area (Å²) in [6.07, 6.45) is 0. The Morgan fingerprint density at radius 2 is 0.840 bits per heavy atom. The Kier molecular flexibility index (Phi) is 6.31. The molecule has 0 atom stereocenters. The Labute approximate surface area is 291 Å². The molecule has 0 unspecified atom stereocenters. The predicted molar refractivity (Wildman–Crippen MR) is 210 cm³/mol. The van der Waals surface area contributed by atoms with Gasteiger partial charge < -0.3 is 0 Å². The van der Waals surface area contributed by atoms with E-state index >= 15 is 0 Å². The predicted octanol–water partition coefficient (Wildman–Crippen LogP) is 13.3. The zero-order valence-corrected chi connectivity index (χ0v) is 27.2. The summed E-state index contributed by atoms with van der Waals surface area (Å²) < 4.78 is 0. The molecule has 0 amide bonds. The van der Waals surface area contributed by atoms with Crippen molar-refractivity contribution in [2.45, 2.75) is 0 Å². The third-order valence-corrected chi connectivity index (χ3v) is 10.5. The van der Waals surface area contributed by atoms with E-state index in [1.807, 2.05) is 6.07 Å². The quantitative estimate of drug-likeness (QED) is 0.190. The second-order valence-corrected chi connectivity index (χ2v) is 13.1. The standard InChI is InChI=1S/C49H29N/c50-30-35-26-25-34(37-22-11-18-31-13-7-8-19-36(31)37)29-44(35)38-27-28-43-47-39(38)23-12-24-42(47)48-45(32-14-3-1-4-15-32)40-20-9-10-21-41(40)46(49(43)48)33-16-5-2-6-17-33/h1-29H. The van der Waals surface area contributed by atoms with Crippen LogP contribution in [0, 0.1) is 11.3 Å². The topological polar surface area (TPSA) is 23.8 Å². The van der Waals surface area contributed by atoms with Gasteiger partial charge in [-0.25, -0.2) is 0 Å². The first-order valence-electron chi connectivity index (χ1n) is 17.1. The van der Waals surface area contributed by atoms with Gasteiger partial charge in [0.2, 0.25) is 0 Å². The summed E-state index contributed by atoms with van der Waals surface area (Å²) in [4.78, 5) is 0.